The summed E-state index contributed by atoms with van der Waals surface area (Å²) in [4.78, 5) is 28.8. The van der Waals surface area contributed by atoms with E-state index >= 15 is 0 Å². The van der Waals surface area contributed by atoms with Crippen molar-refractivity contribution in [2.75, 3.05) is 31.1 Å². The minimum absolute atomic E-state index is 0.309. The quantitative estimate of drug-likeness (QED) is 0.843. The molecule has 1 aliphatic heterocycles. The Kier molecular flexibility index (Phi) is 4.18. The fraction of sp³-hybridized carbons (Fsp3) is 0.632. The van der Waals surface area contributed by atoms with Crippen molar-refractivity contribution in [1.82, 2.24) is 14.9 Å². The zero-order chi connectivity index (χ0) is 17.7. The second kappa shape index (κ2) is 6.24. The van der Waals surface area contributed by atoms with Crippen molar-refractivity contribution in [1.29, 1.82) is 0 Å². The van der Waals surface area contributed by atoms with Crippen LogP contribution in [-0.2, 0) is 4.79 Å². The fourth-order valence-electron chi connectivity index (χ4n) is 3.46. The van der Waals surface area contributed by atoms with Crippen LogP contribution in [0.1, 0.15) is 48.9 Å². The van der Waals surface area contributed by atoms with Crippen molar-refractivity contribution in [2.45, 2.75) is 46.5 Å². The van der Waals surface area contributed by atoms with E-state index in [0.29, 0.717) is 17.7 Å². The monoisotopic (exact) mass is 358 g/mol. The molecule has 0 unspecified atom stereocenters. The first-order chi connectivity index (χ1) is 12.0. The molecule has 2 aromatic rings. The van der Waals surface area contributed by atoms with Crippen LogP contribution >= 0.6 is 11.3 Å². The lowest BCUT2D eigenvalue weighted by molar-refractivity contribution is -0.132. The van der Waals surface area contributed by atoms with Crippen LogP contribution in [0.4, 0.5) is 5.82 Å². The third-order valence-corrected chi connectivity index (χ3v) is 6.46. The molecule has 1 aliphatic carbocycles. The van der Waals surface area contributed by atoms with E-state index in [-0.39, 0.29) is 0 Å². The van der Waals surface area contributed by atoms with Gasteiger partial charge in [0.2, 0.25) is 5.91 Å². The molecular weight excluding hydrogens is 332 g/mol. The number of aromatic nitrogens is 2. The molecule has 0 atom stereocenters. The van der Waals surface area contributed by atoms with Gasteiger partial charge in [-0.15, -0.1) is 11.3 Å². The molecule has 0 bridgehead atoms. The molecule has 5 nitrogen and oxygen atoms in total. The Morgan fingerprint density at radius 3 is 2.40 bits per heavy atom. The van der Waals surface area contributed by atoms with Gasteiger partial charge in [0.05, 0.1) is 5.39 Å². The zero-order valence-electron chi connectivity index (χ0n) is 15.5. The summed E-state index contributed by atoms with van der Waals surface area (Å²) in [7, 11) is 0. The maximum absolute atomic E-state index is 12.3. The highest BCUT2D eigenvalue weighted by molar-refractivity contribution is 7.18. The number of thiophene rings is 1. The lowest BCUT2D eigenvalue weighted by atomic mass is 10.1. The number of aryl methyl sites for hydroxylation is 2. The minimum atomic E-state index is 0.309. The van der Waals surface area contributed by atoms with E-state index in [9.17, 15) is 4.79 Å². The van der Waals surface area contributed by atoms with Gasteiger partial charge in [0.15, 0.2) is 0 Å². The van der Waals surface area contributed by atoms with E-state index in [4.69, 9.17) is 9.97 Å². The molecule has 2 aliphatic rings. The average Bonchev–Trinajstić information content (AvgIpc) is 3.41. The van der Waals surface area contributed by atoms with Crippen molar-refractivity contribution in [3.05, 3.63) is 16.3 Å². The van der Waals surface area contributed by atoms with Crippen LogP contribution in [-0.4, -0.2) is 47.0 Å². The normalized spacial score (nSPS) is 18.4. The number of fused-ring (bicyclic) bond motifs is 1. The number of nitrogens with zero attached hydrogens (tertiary/aromatic N) is 4. The predicted octanol–water partition coefficient (Wildman–Crippen LogP) is 3.49. The second-order valence-electron chi connectivity index (χ2n) is 7.61. The summed E-state index contributed by atoms with van der Waals surface area (Å²) in [6.45, 7) is 11.9. The van der Waals surface area contributed by atoms with Crippen LogP contribution < -0.4 is 4.90 Å². The number of amides is 1. The van der Waals surface area contributed by atoms with Gasteiger partial charge in [-0.1, -0.05) is 13.8 Å². The number of carbonyl (C=O) groups excluding carboxylic acids is 1. The third-order valence-electron chi connectivity index (χ3n) is 5.36. The van der Waals surface area contributed by atoms with Crippen LogP contribution in [0.5, 0.6) is 0 Å². The van der Waals surface area contributed by atoms with E-state index in [2.05, 4.69) is 32.6 Å². The summed E-state index contributed by atoms with van der Waals surface area (Å²) in [5, 5.41) is 1.20. The Labute approximate surface area is 153 Å². The number of carbonyl (C=O) groups is 1. The minimum Gasteiger partial charge on any atom is -0.352 e. The van der Waals surface area contributed by atoms with Gasteiger partial charge in [-0.3, -0.25) is 4.79 Å². The molecule has 2 aromatic heterocycles. The average molecular weight is 359 g/mol. The van der Waals surface area contributed by atoms with Gasteiger partial charge in [0.25, 0.3) is 0 Å². The molecule has 1 amide bonds. The first kappa shape index (κ1) is 16.8. The highest BCUT2D eigenvalue weighted by Gasteiger charge is 2.35. The van der Waals surface area contributed by atoms with Crippen molar-refractivity contribution in [2.24, 2.45) is 5.92 Å². The van der Waals surface area contributed by atoms with Crippen LogP contribution in [0.25, 0.3) is 10.2 Å². The molecule has 134 valence electrons. The van der Waals surface area contributed by atoms with E-state index < -0.39 is 0 Å². The zero-order valence-corrected chi connectivity index (χ0v) is 16.3. The van der Waals surface area contributed by atoms with Crippen molar-refractivity contribution in [3.8, 4) is 0 Å². The molecule has 25 heavy (non-hydrogen) atoms. The van der Waals surface area contributed by atoms with Gasteiger partial charge >= 0.3 is 0 Å². The van der Waals surface area contributed by atoms with E-state index in [1.807, 2.05) is 4.90 Å². The number of hydrogen-bond acceptors (Lipinski definition) is 5. The van der Waals surface area contributed by atoms with Gasteiger partial charge in [0, 0.05) is 42.9 Å². The third kappa shape index (κ3) is 3.01. The Morgan fingerprint density at radius 2 is 1.80 bits per heavy atom. The summed E-state index contributed by atoms with van der Waals surface area (Å²) >= 11 is 1.76. The number of hydrogen-bond donors (Lipinski definition) is 0. The summed E-state index contributed by atoms with van der Waals surface area (Å²) in [6, 6.07) is 0. The molecule has 4 rings (SSSR count). The Hall–Kier alpha value is -1.69. The van der Waals surface area contributed by atoms with Crippen LogP contribution in [0, 0.1) is 19.8 Å². The lowest BCUT2D eigenvalue weighted by Gasteiger charge is -2.36. The van der Waals surface area contributed by atoms with Crippen LogP contribution in [0.15, 0.2) is 0 Å². The first-order valence-corrected chi connectivity index (χ1v) is 10.1. The summed E-state index contributed by atoms with van der Waals surface area (Å²) in [5.74, 6) is 2.96. The molecule has 0 N–H and O–H groups in total. The highest BCUT2D eigenvalue weighted by Crippen LogP contribution is 2.37. The molecule has 0 spiro atoms. The second-order valence-corrected chi connectivity index (χ2v) is 8.81. The van der Waals surface area contributed by atoms with E-state index in [0.717, 1.165) is 55.5 Å². The molecule has 0 aromatic carbocycles. The van der Waals surface area contributed by atoms with Crippen molar-refractivity contribution in [3.63, 3.8) is 0 Å². The van der Waals surface area contributed by atoms with Gasteiger partial charge in [-0.05, 0) is 32.3 Å². The molecule has 1 saturated heterocycles. The molecular formula is C19H26N4OS. The highest BCUT2D eigenvalue weighted by atomic mass is 32.1. The maximum atomic E-state index is 12.3. The molecule has 2 fully saturated rings. The SMILES string of the molecule is Cc1sc2nc(C(C)C)nc(N3CCN(C(=O)C4CC4)CC3)c2c1C. The van der Waals surface area contributed by atoms with Crippen molar-refractivity contribution < 1.29 is 4.79 Å². The standard InChI is InChI=1S/C19H26N4OS/c1-11(2)16-20-17(15-12(3)13(4)25-18(15)21-16)22-7-9-23(10-8-22)19(24)14-5-6-14/h11,14H,5-10H2,1-4H3. The molecule has 0 radical (unpaired) electrons. The first-order valence-electron chi connectivity index (χ1n) is 9.27. The topological polar surface area (TPSA) is 49.3 Å². The Morgan fingerprint density at radius 1 is 1.12 bits per heavy atom. The number of rotatable bonds is 3. The fourth-order valence-corrected chi connectivity index (χ4v) is 4.49. The van der Waals surface area contributed by atoms with Crippen LogP contribution in [0.3, 0.4) is 0 Å². The van der Waals surface area contributed by atoms with Crippen molar-refractivity contribution >= 4 is 33.3 Å². The maximum Gasteiger partial charge on any atom is 0.225 e. The predicted molar refractivity (Wildman–Crippen MR) is 102 cm³/mol. The summed E-state index contributed by atoms with van der Waals surface area (Å²) in [6.07, 6.45) is 2.16. The van der Waals surface area contributed by atoms with Gasteiger partial charge in [0.1, 0.15) is 16.5 Å². The van der Waals surface area contributed by atoms with Crippen LogP contribution in [0.2, 0.25) is 0 Å². The largest absolute Gasteiger partial charge is 0.352 e. The van der Waals surface area contributed by atoms with Gasteiger partial charge in [-0.2, -0.15) is 0 Å². The molecule has 3 heterocycles. The summed E-state index contributed by atoms with van der Waals surface area (Å²) in [5.41, 5.74) is 1.29. The van der Waals surface area contributed by atoms with E-state index in [1.165, 1.54) is 15.8 Å². The Balaban J connectivity index is 1.65. The van der Waals surface area contributed by atoms with E-state index in [1.54, 1.807) is 11.3 Å². The number of anilines is 1. The summed E-state index contributed by atoms with van der Waals surface area (Å²) < 4.78 is 0. The molecule has 1 saturated carbocycles. The molecule has 6 heteroatoms. The smallest absolute Gasteiger partial charge is 0.225 e. The van der Waals surface area contributed by atoms with Gasteiger partial charge in [-0.25, -0.2) is 9.97 Å². The lowest BCUT2D eigenvalue weighted by Crippen LogP contribution is -2.49. The van der Waals surface area contributed by atoms with Gasteiger partial charge < -0.3 is 9.80 Å². The number of piperazine rings is 1. The Bertz CT molecular complexity index is 816.